The number of anilines is 2. The van der Waals surface area contributed by atoms with Crippen molar-refractivity contribution in [2.75, 3.05) is 23.5 Å². The molecule has 0 aromatic carbocycles. The second kappa shape index (κ2) is 3.05. The topological polar surface area (TPSA) is 67.6 Å². The van der Waals surface area contributed by atoms with E-state index in [0.29, 0.717) is 29.6 Å². The predicted molar refractivity (Wildman–Crippen MR) is 65.3 cm³/mol. The molecule has 94 valence electrons. The number of hydrogen-bond acceptors (Lipinski definition) is 6. The van der Waals surface area contributed by atoms with E-state index in [-0.39, 0.29) is 5.91 Å². The van der Waals surface area contributed by atoms with Crippen molar-refractivity contribution in [3.05, 3.63) is 12.7 Å². The molecule has 0 radical (unpaired) electrons. The fourth-order valence-corrected chi connectivity index (χ4v) is 5.21. The van der Waals surface area contributed by atoms with Crippen LogP contribution in [0.4, 0.5) is 11.5 Å². The number of ether oxygens (including phenoxy) is 1. The summed E-state index contributed by atoms with van der Waals surface area (Å²) in [7, 11) is -1.08. The molecule has 7 nitrogen and oxygen atoms in total. The van der Waals surface area contributed by atoms with Crippen molar-refractivity contribution in [1.82, 2.24) is 9.97 Å². The Kier molecular flexibility index (Phi) is 1.75. The molecule has 0 amide bonds. The van der Waals surface area contributed by atoms with Crippen molar-refractivity contribution in [2.24, 2.45) is 0 Å². The normalized spacial score (nSPS) is 28.8. The number of methoxy groups -OCH3 is 1. The van der Waals surface area contributed by atoms with Crippen LogP contribution in [-0.4, -0.2) is 29.6 Å². The first-order valence-corrected chi connectivity index (χ1v) is 7.35. The molecule has 1 aromatic rings. The van der Waals surface area contributed by atoms with Gasteiger partial charge in [-0.15, -0.1) is 6.58 Å². The molecule has 6 heterocycles. The monoisotopic (exact) mass is 266 g/mol. The quantitative estimate of drug-likeness (QED) is 0.338. The summed E-state index contributed by atoms with van der Waals surface area (Å²) in [6.07, 6.45) is 2.51. The van der Waals surface area contributed by atoms with Crippen LogP contribution in [0.5, 0.6) is 5.88 Å². The van der Waals surface area contributed by atoms with Crippen LogP contribution in [0.3, 0.4) is 0 Å². The Hall–Kier alpha value is -1.59. The lowest BCUT2D eigenvalue weighted by molar-refractivity contribution is 0.113. The van der Waals surface area contributed by atoms with E-state index < -0.39 is 7.29 Å². The SMILES string of the molecule is C=CCCON1c2nc3nc(OC)c2N2C1P32=O. The van der Waals surface area contributed by atoms with E-state index in [4.69, 9.17) is 9.57 Å². The van der Waals surface area contributed by atoms with Crippen LogP contribution in [0.15, 0.2) is 12.7 Å². The van der Waals surface area contributed by atoms with Crippen molar-refractivity contribution in [3.8, 4) is 5.88 Å². The zero-order valence-corrected chi connectivity index (χ0v) is 10.6. The first-order valence-electron chi connectivity index (χ1n) is 5.62. The van der Waals surface area contributed by atoms with Gasteiger partial charge in [-0.2, -0.15) is 4.98 Å². The van der Waals surface area contributed by atoms with E-state index in [0.717, 1.165) is 6.42 Å². The number of hydrogen-bond donors (Lipinski definition) is 0. The van der Waals surface area contributed by atoms with Crippen molar-refractivity contribution in [3.63, 3.8) is 0 Å². The Bertz CT molecular complexity index is 619. The lowest BCUT2D eigenvalue weighted by Crippen LogP contribution is -2.32. The molecule has 2 unspecified atom stereocenters. The third-order valence-electron chi connectivity index (χ3n) is 3.30. The molecule has 0 saturated carbocycles. The van der Waals surface area contributed by atoms with Gasteiger partial charge in [0.15, 0.2) is 11.5 Å². The standard InChI is InChI=1S/C10H11N4O3P/c1-3-4-5-17-13-7-6-8(16-2)12-9(11-7)18(15)10(13)14(6)18/h3,10H,1,4-5H2,2H3. The van der Waals surface area contributed by atoms with Crippen molar-refractivity contribution in [2.45, 2.75) is 12.3 Å². The lowest BCUT2D eigenvalue weighted by atomic mass is 10.4. The summed E-state index contributed by atoms with van der Waals surface area (Å²) in [6, 6.07) is 0. The molecule has 0 spiro atoms. The molecule has 2 atom stereocenters. The fourth-order valence-electron chi connectivity index (χ4n) is 2.46. The number of fused-ring (bicyclic) bond motifs is 1. The molecule has 0 aliphatic carbocycles. The van der Waals surface area contributed by atoms with E-state index in [1.807, 2.05) is 4.67 Å². The average molecular weight is 266 g/mol. The number of nitrogens with zero attached hydrogens (tertiary/aromatic N) is 4. The lowest BCUT2D eigenvalue weighted by Gasteiger charge is -2.24. The Morgan fingerprint density at radius 2 is 2.39 bits per heavy atom. The van der Waals surface area contributed by atoms with E-state index in [1.54, 1.807) is 18.2 Å². The molecule has 5 aliphatic heterocycles. The maximum absolute atomic E-state index is 12.6. The molecular formula is C10H11N4O3P. The molecule has 6 bridgehead atoms. The van der Waals surface area contributed by atoms with E-state index >= 15 is 0 Å². The molecule has 1 saturated heterocycles. The molecule has 18 heavy (non-hydrogen) atoms. The zero-order chi connectivity index (χ0) is 12.5. The smallest absolute Gasteiger partial charge is 0.283 e. The van der Waals surface area contributed by atoms with Gasteiger partial charge in [-0.3, -0.25) is 14.1 Å². The maximum atomic E-state index is 12.6. The summed E-state index contributed by atoms with van der Waals surface area (Å²) in [4.78, 5) is 14.0. The van der Waals surface area contributed by atoms with Crippen LogP contribution >= 0.6 is 7.29 Å². The summed E-state index contributed by atoms with van der Waals surface area (Å²) in [5.74, 6) is 0.874. The van der Waals surface area contributed by atoms with Crippen molar-refractivity contribution >= 4 is 24.4 Å². The van der Waals surface area contributed by atoms with Gasteiger partial charge in [0.25, 0.3) is 7.29 Å². The van der Waals surface area contributed by atoms with Crippen LogP contribution in [-0.2, 0) is 9.40 Å². The van der Waals surface area contributed by atoms with Gasteiger partial charge in [-0.1, -0.05) is 6.08 Å². The molecule has 5 aliphatic rings. The summed E-state index contributed by atoms with van der Waals surface area (Å²) in [5, 5.41) is 1.62. The van der Waals surface area contributed by atoms with Crippen LogP contribution < -0.4 is 20.0 Å². The van der Waals surface area contributed by atoms with Gasteiger partial charge >= 0.3 is 0 Å². The van der Waals surface area contributed by atoms with Gasteiger partial charge in [0.05, 0.1) is 13.7 Å². The van der Waals surface area contributed by atoms with Crippen LogP contribution in [0.1, 0.15) is 6.42 Å². The molecule has 6 rings (SSSR count). The Labute approximate surface area is 103 Å². The summed E-state index contributed by atoms with van der Waals surface area (Å²) in [6.45, 7) is 4.13. The molecule has 1 aromatic heterocycles. The van der Waals surface area contributed by atoms with E-state index in [9.17, 15) is 4.57 Å². The Balaban J connectivity index is 1.76. The highest BCUT2D eigenvalue weighted by molar-refractivity contribution is 7.81. The fraction of sp³-hybridized carbons (Fsp3) is 0.400. The second-order valence-electron chi connectivity index (χ2n) is 4.26. The van der Waals surface area contributed by atoms with Crippen molar-refractivity contribution < 1.29 is 14.1 Å². The largest absolute Gasteiger partial charge is 0.479 e. The first-order chi connectivity index (χ1) is 8.73. The van der Waals surface area contributed by atoms with Gasteiger partial charge in [-0.05, 0) is 6.42 Å². The third-order valence-corrected chi connectivity index (χ3v) is 5.96. The van der Waals surface area contributed by atoms with Gasteiger partial charge < -0.3 is 4.74 Å². The van der Waals surface area contributed by atoms with E-state index in [2.05, 4.69) is 16.5 Å². The highest BCUT2D eigenvalue weighted by atomic mass is 31.2. The zero-order valence-electron chi connectivity index (χ0n) is 9.74. The number of aromatic nitrogens is 2. The molecular weight excluding hydrogens is 255 g/mol. The van der Waals surface area contributed by atoms with Crippen LogP contribution in [0.25, 0.3) is 0 Å². The first kappa shape index (κ1) is 10.3. The third kappa shape index (κ3) is 0.908. The van der Waals surface area contributed by atoms with Gasteiger partial charge in [0.1, 0.15) is 0 Å². The molecule has 1 fully saturated rings. The van der Waals surface area contributed by atoms with Crippen LogP contribution in [0.2, 0.25) is 0 Å². The summed E-state index contributed by atoms with van der Waals surface area (Å²) < 4.78 is 19.6. The van der Waals surface area contributed by atoms with Crippen molar-refractivity contribution in [1.29, 1.82) is 0 Å². The minimum absolute atomic E-state index is 0.254. The maximum Gasteiger partial charge on any atom is 0.283 e. The average Bonchev–Trinajstić information content (AvgIpc) is 2.91. The summed E-state index contributed by atoms with van der Waals surface area (Å²) >= 11 is 0. The van der Waals surface area contributed by atoms with E-state index in [1.165, 1.54) is 0 Å². The highest BCUT2D eigenvalue weighted by Gasteiger charge is 2.77. The minimum atomic E-state index is -2.63. The number of rotatable bonds is 5. The predicted octanol–water partition coefficient (Wildman–Crippen LogP) is 0.833. The van der Waals surface area contributed by atoms with Gasteiger partial charge in [0.2, 0.25) is 17.4 Å². The second-order valence-corrected chi connectivity index (χ2v) is 6.79. The molecule has 8 heteroatoms. The molecule has 0 N–H and O–H groups in total. The Morgan fingerprint density at radius 1 is 1.56 bits per heavy atom. The van der Waals surface area contributed by atoms with Crippen LogP contribution in [0, 0.1) is 0 Å². The van der Waals surface area contributed by atoms with Gasteiger partial charge in [0, 0.05) is 0 Å². The number of hydroxylamine groups is 1. The summed E-state index contributed by atoms with van der Waals surface area (Å²) in [5.41, 5.74) is 1.08. The van der Waals surface area contributed by atoms with Gasteiger partial charge in [-0.25, -0.2) is 10.0 Å². The Morgan fingerprint density at radius 3 is 3.11 bits per heavy atom. The minimum Gasteiger partial charge on any atom is -0.479 e. The highest BCUT2D eigenvalue weighted by Crippen LogP contribution is 2.82.